The molecule has 0 aliphatic heterocycles. The molecule has 2 N–H and O–H groups in total. The molecule has 3 aromatic carbocycles. The molecule has 3 aromatic rings. The van der Waals surface area contributed by atoms with Crippen LogP contribution in [-0.4, -0.2) is 0 Å². The van der Waals surface area contributed by atoms with Gasteiger partial charge in [-0.2, -0.15) is 0 Å². The number of aryl methyl sites for hydroxylation is 2. The lowest BCUT2D eigenvalue weighted by Crippen LogP contribution is -1.90. The molecular weight excluding hydrogens is 230 g/mol. The second-order valence-electron chi connectivity index (χ2n) is 5.12. The van der Waals surface area contributed by atoms with Crippen LogP contribution >= 0.6 is 0 Å². The maximum absolute atomic E-state index is 6.06. The Bertz CT molecular complexity index is 736. The maximum Gasteiger partial charge on any atom is 0.0394 e. The van der Waals surface area contributed by atoms with Gasteiger partial charge in [0.1, 0.15) is 0 Å². The third kappa shape index (κ3) is 2.08. The quantitative estimate of drug-likeness (QED) is 0.619. The Morgan fingerprint density at radius 2 is 1.37 bits per heavy atom. The van der Waals surface area contributed by atoms with Gasteiger partial charge in [0.2, 0.25) is 0 Å². The van der Waals surface area contributed by atoms with E-state index in [-0.39, 0.29) is 0 Å². The van der Waals surface area contributed by atoms with Gasteiger partial charge < -0.3 is 5.73 Å². The van der Waals surface area contributed by atoms with Crippen molar-refractivity contribution in [3.63, 3.8) is 0 Å². The van der Waals surface area contributed by atoms with Crippen LogP contribution in [0, 0.1) is 13.8 Å². The Morgan fingerprint density at radius 3 is 2.05 bits per heavy atom. The molecule has 0 unspecified atom stereocenters. The number of hydrogen-bond acceptors (Lipinski definition) is 1. The molecule has 0 aliphatic carbocycles. The van der Waals surface area contributed by atoms with Gasteiger partial charge in [0, 0.05) is 11.1 Å². The van der Waals surface area contributed by atoms with Gasteiger partial charge in [-0.1, -0.05) is 59.7 Å². The third-order valence-electron chi connectivity index (χ3n) is 3.49. The standard InChI is InChI=1S/C18H17N/c1-12-9-13(2)11-14(10-12)15-7-8-18(19)17-6-4-3-5-16(15)17/h3-11H,19H2,1-2H3. The molecule has 0 aliphatic rings. The maximum atomic E-state index is 6.06. The average Bonchev–Trinajstić information content (AvgIpc) is 2.38. The molecule has 0 radical (unpaired) electrons. The van der Waals surface area contributed by atoms with Gasteiger partial charge in [0.15, 0.2) is 0 Å². The van der Waals surface area contributed by atoms with E-state index in [1.807, 2.05) is 12.1 Å². The molecule has 0 fully saturated rings. The van der Waals surface area contributed by atoms with E-state index >= 15 is 0 Å². The minimum atomic E-state index is 0.837. The van der Waals surface area contributed by atoms with Crippen LogP contribution in [0.4, 0.5) is 5.69 Å². The highest BCUT2D eigenvalue weighted by Crippen LogP contribution is 2.32. The largest absolute Gasteiger partial charge is 0.398 e. The highest BCUT2D eigenvalue weighted by molar-refractivity contribution is 6.02. The first-order valence-electron chi connectivity index (χ1n) is 6.51. The summed E-state index contributed by atoms with van der Waals surface area (Å²) in [5.74, 6) is 0. The van der Waals surface area contributed by atoms with Crippen molar-refractivity contribution in [3.8, 4) is 11.1 Å². The molecule has 0 atom stereocenters. The summed E-state index contributed by atoms with van der Waals surface area (Å²) in [5, 5.41) is 2.34. The Labute approximate surface area is 113 Å². The van der Waals surface area contributed by atoms with Crippen LogP contribution in [0.25, 0.3) is 21.9 Å². The molecule has 0 saturated carbocycles. The molecule has 0 bridgehead atoms. The van der Waals surface area contributed by atoms with Crippen LogP contribution in [0.15, 0.2) is 54.6 Å². The summed E-state index contributed by atoms with van der Waals surface area (Å²) in [6.07, 6.45) is 0. The van der Waals surface area contributed by atoms with Crippen LogP contribution in [0.1, 0.15) is 11.1 Å². The highest BCUT2D eigenvalue weighted by Gasteiger charge is 2.06. The van der Waals surface area contributed by atoms with Gasteiger partial charge in [-0.3, -0.25) is 0 Å². The number of anilines is 1. The second kappa shape index (κ2) is 4.43. The number of fused-ring (bicyclic) bond motifs is 1. The van der Waals surface area contributed by atoms with E-state index in [4.69, 9.17) is 5.73 Å². The molecule has 94 valence electrons. The van der Waals surface area contributed by atoms with Crippen molar-refractivity contribution in [2.24, 2.45) is 0 Å². The number of rotatable bonds is 1. The average molecular weight is 247 g/mol. The molecule has 0 spiro atoms. The Hall–Kier alpha value is -2.28. The molecule has 1 heteroatoms. The van der Waals surface area contributed by atoms with Gasteiger partial charge in [0.05, 0.1) is 0 Å². The van der Waals surface area contributed by atoms with Crippen LogP contribution in [0.3, 0.4) is 0 Å². The Kier molecular flexibility index (Phi) is 2.75. The summed E-state index contributed by atoms with van der Waals surface area (Å²) in [6, 6.07) is 19.1. The zero-order valence-electron chi connectivity index (χ0n) is 11.3. The first-order valence-corrected chi connectivity index (χ1v) is 6.51. The Balaban J connectivity index is 2.34. The third-order valence-corrected chi connectivity index (χ3v) is 3.49. The summed E-state index contributed by atoms with van der Waals surface area (Å²) >= 11 is 0. The SMILES string of the molecule is Cc1cc(C)cc(-c2ccc(N)c3ccccc23)c1. The zero-order chi connectivity index (χ0) is 13.4. The molecule has 3 rings (SSSR count). The lowest BCUT2D eigenvalue weighted by molar-refractivity contribution is 1.39. The number of nitrogens with two attached hydrogens (primary N) is 1. The number of nitrogen functional groups attached to an aromatic ring is 1. The fourth-order valence-electron chi connectivity index (χ4n) is 2.70. The van der Waals surface area contributed by atoms with Crippen molar-refractivity contribution in [1.82, 2.24) is 0 Å². The predicted octanol–water partition coefficient (Wildman–Crippen LogP) is 4.71. The van der Waals surface area contributed by atoms with E-state index in [2.05, 4.69) is 56.3 Å². The predicted molar refractivity (Wildman–Crippen MR) is 83.3 cm³/mol. The van der Waals surface area contributed by atoms with Crippen molar-refractivity contribution in [2.75, 3.05) is 5.73 Å². The number of benzene rings is 3. The van der Waals surface area contributed by atoms with Crippen LogP contribution in [0.5, 0.6) is 0 Å². The van der Waals surface area contributed by atoms with Crippen molar-refractivity contribution in [1.29, 1.82) is 0 Å². The van der Waals surface area contributed by atoms with E-state index in [1.54, 1.807) is 0 Å². The van der Waals surface area contributed by atoms with Gasteiger partial charge in [-0.15, -0.1) is 0 Å². The molecule has 0 saturated heterocycles. The fourth-order valence-corrected chi connectivity index (χ4v) is 2.70. The van der Waals surface area contributed by atoms with Crippen LogP contribution in [0.2, 0.25) is 0 Å². The topological polar surface area (TPSA) is 26.0 Å². The van der Waals surface area contributed by atoms with Gasteiger partial charge in [-0.05, 0) is 36.4 Å². The van der Waals surface area contributed by atoms with Crippen molar-refractivity contribution < 1.29 is 0 Å². The minimum absolute atomic E-state index is 0.837. The molecule has 1 nitrogen and oxygen atoms in total. The van der Waals surface area contributed by atoms with E-state index < -0.39 is 0 Å². The van der Waals surface area contributed by atoms with E-state index in [0.29, 0.717) is 0 Å². The first-order chi connectivity index (χ1) is 9.15. The van der Waals surface area contributed by atoms with Crippen molar-refractivity contribution in [3.05, 3.63) is 65.7 Å². The lowest BCUT2D eigenvalue weighted by Gasteiger charge is -2.10. The monoisotopic (exact) mass is 247 g/mol. The summed E-state index contributed by atoms with van der Waals surface area (Å²) in [6.45, 7) is 4.27. The van der Waals surface area contributed by atoms with Crippen molar-refractivity contribution >= 4 is 16.5 Å². The lowest BCUT2D eigenvalue weighted by atomic mass is 9.95. The summed E-state index contributed by atoms with van der Waals surface area (Å²) in [7, 11) is 0. The van der Waals surface area contributed by atoms with Crippen molar-refractivity contribution in [2.45, 2.75) is 13.8 Å². The molecule has 19 heavy (non-hydrogen) atoms. The smallest absolute Gasteiger partial charge is 0.0394 e. The first kappa shape index (κ1) is 11.8. The minimum Gasteiger partial charge on any atom is -0.398 e. The van der Waals surface area contributed by atoms with Crippen LogP contribution in [-0.2, 0) is 0 Å². The van der Waals surface area contributed by atoms with Gasteiger partial charge in [0.25, 0.3) is 0 Å². The molecular formula is C18H17N. The van der Waals surface area contributed by atoms with Gasteiger partial charge in [-0.25, -0.2) is 0 Å². The normalized spacial score (nSPS) is 10.8. The summed E-state index contributed by atoms with van der Waals surface area (Å²) < 4.78 is 0. The fraction of sp³-hybridized carbons (Fsp3) is 0.111. The summed E-state index contributed by atoms with van der Waals surface area (Å²) in [5.41, 5.74) is 12.0. The number of hydrogen-bond donors (Lipinski definition) is 1. The summed E-state index contributed by atoms with van der Waals surface area (Å²) in [4.78, 5) is 0. The molecule has 0 heterocycles. The molecule has 0 aromatic heterocycles. The Morgan fingerprint density at radius 1 is 0.737 bits per heavy atom. The van der Waals surface area contributed by atoms with Crippen LogP contribution < -0.4 is 5.73 Å². The zero-order valence-corrected chi connectivity index (χ0v) is 11.3. The highest BCUT2D eigenvalue weighted by atomic mass is 14.5. The van der Waals surface area contributed by atoms with E-state index in [1.165, 1.54) is 27.6 Å². The van der Waals surface area contributed by atoms with Gasteiger partial charge >= 0.3 is 0 Å². The van der Waals surface area contributed by atoms with E-state index in [0.717, 1.165) is 11.1 Å². The second-order valence-corrected chi connectivity index (χ2v) is 5.12. The molecule has 0 amide bonds. The van der Waals surface area contributed by atoms with E-state index in [9.17, 15) is 0 Å².